The number of hydrogen-bond donors (Lipinski definition) is 1. The number of aromatic nitrogens is 3. The number of benzene rings is 2. The number of halogens is 2. The maximum absolute atomic E-state index is 14.5. The monoisotopic (exact) mass is 434 g/mol. The zero-order valence-electron chi connectivity index (χ0n) is 18.0. The van der Waals surface area contributed by atoms with Crippen molar-refractivity contribution in [1.29, 1.82) is 0 Å². The molecule has 2 aromatic heterocycles. The van der Waals surface area contributed by atoms with E-state index in [0.29, 0.717) is 22.7 Å². The Balaban J connectivity index is 1.57. The molecule has 0 bridgehead atoms. The smallest absolute Gasteiger partial charge is 0.154 e. The summed E-state index contributed by atoms with van der Waals surface area (Å²) in [5, 5.41) is 4.84. The highest BCUT2D eigenvalue weighted by Crippen LogP contribution is 2.37. The maximum Gasteiger partial charge on any atom is 0.154 e. The van der Waals surface area contributed by atoms with Gasteiger partial charge in [0.25, 0.3) is 0 Å². The van der Waals surface area contributed by atoms with Crippen LogP contribution < -0.4 is 15.5 Å². The quantitative estimate of drug-likeness (QED) is 0.473. The van der Waals surface area contributed by atoms with Crippen LogP contribution in [0.4, 0.5) is 26.0 Å². The van der Waals surface area contributed by atoms with Crippen LogP contribution in [0.5, 0.6) is 0 Å². The molecule has 0 amide bonds. The zero-order valence-corrected chi connectivity index (χ0v) is 18.0. The fourth-order valence-electron chi connectivity index (χ4n) is 4.44. The lowest BCUT2D eigenvalue weighted by Crippen LogP contribution is -2.25. The van der Waals surface area contributed by atoms with Gasteiger partial charge in [0.05, 0.1) is 29.3 Å². The molecular formula is C24H24F2N6. The molecule has 5 rings (SSSR count). The number of anilines is 3. The van der Waals surface area contributed by atoms with Crippen molar-refractivity contribution in [3.05, 3.63) is 71.9 Å². The maximum atomic E-state index is 14.5. The minimum absolute atomic E-state index is 0.264. The van der Waals surface area contributed by atoms with E-state index in [9.17, 15) is 8.78 Å². The van der Waals surface area contributed by atoms with Gasteiger partial charge in [-0.15, -0.1) is 5.10 Å². The van der Waals surface area contributed by atoms with Crippen LogP contribution in [0.25, 0.3) is 16.9 Å². The summed E-state index contributed by atoms with van der Waals surface area (Å²) in [4.78, 5) is 8.49. The molecule has 1 unspecified atom stereocenters. The minimum Gasteiger partial charge on any atom is -0.397 e. The number of fused-ring (bicyclic) bond motifs is 1. The Labute approximate surface area is 184 Å². The van der Waals surface area contributed by atoms with Crippen LogP contribution in [-0.2, 0) is 0 Å². The molecule has 0 aliphatic carbocycles. The van der Waals surface area contributed by atoms with E-state index in [2.05, 4.69) is 4.98 Å². The first kappa shape index (κ1) is 20.2. The molecule has 2 aromatic carbocycles. The predicted octanol–water partition coefficient (Wildman–Crippen LogP) is 4.66. The number of rotatable bonds is 4. The van der Waals surface area contributed by atoms with Crippen molar-refractivity contribution < 1.29 is 8.78 Å². The minimum atomic E-state index is -0.436. The molecule has 1 saturated heterocycles. The van der Waals surface area contributed by atoms with Crippen LogP contribution in [-0.4, -0.2) is 35.2 Å². The Morgan fingerprint density at radius 2 is 1.91 bits per heavy atom. The van der Waals surface area contributed by atoms with Gasteiger partial charge in [0.1, 0.15) is 17.5 Å². The zero-order chi connectivity index (χ0) is 22.4. The SMILES string of the molecule is CN(C)c1cc(-c2cnc3ccc(N4CCCC4c4cc(F)ccc4F)nn23)ccc1N. The van der Waals surface area contributed by atoms with Gasteiger partial charge in [-0.05, 0) is 55.3 Å². The number of nitrogens with zero attached hydrogens (tertiary/aromatic N) is 5. The second kappa shape index (κ2) is 7.78. The molecule has 2 N–H and O–H groups in total. The van der Waals surface area contributed by atoms with Gasteiger partial charge in [-0.1, -0.05) is 6.07 Å². The van der Waals surface area contributed by atoms with Gasteiger partial charge in [0.15, 0.2) is 5.65 Å². The van der Waals surface area contributed by atoms with E-state index in [4.69, 9.17) is 10.8 Å². The molecule has 3 heterocycles. The lowest BCUT2D eigenvalue weighted by molar-refractivity contribution is 0.559. The molecule has 1 fully saturated rings. The van der Waals surface area contributed by atoms with Gasteiger partial charge >= 0.3 is 0 Å². The van der Waals surface area contributed by atoms with E-state index in [0.717, 1.165) is 42.4 Å². The topological polar surface area (TPSA) is 62.7 Å². The van der Waals surface area contributed by atoms with Crippen molar-refractivity contribution in [2.45, 2.75) is 18.9 Å². The van der Waals surface area contributed by atoms with Crippen molar-refractivity contribution in [1.82, 2.24) is 14.6 Å². The molecule has 32 heavy (non-hydrogen) atoms. The highest BCUT2D eigenvalue weighted by atomic mass is 19.1. The van der Waals surface area contributed by atoms with E-state index in [-0.39, 0.29) is 6.04 Å². The second-order valence-electron chi connectivity index (χ2n) is 8.29. The molecule has 1 aliphatic heterocycles. The molecule has 4 aromatic rings. The predicted molar refractivity (Wildman–Crippen MR) is 123 cm³/mol. The Morgan fingerprint density at radius 1 is 1.06 bits per heavy atom. The van der Waals surface area contributed by atoms with Crippen LogP contribution in [0.1, 0.15) is 24.4 Å². The summed E-state index contributed by atoms with van der Waals surface area (Å²) in [6.45, 7) is 0.718. The molecular weight excluding hydrogens is 410 g/mol. The average Bonchev–Trinajstić information content (AvgIpc) is 3.42. The van der Waals surface area contributed by atoms with Crippen molar-refractivity contribution in [2.24, 2.45) is 0 Å². The summed E-state index contributed by atoms with van der Waals surface area (Å²) in [5.41, 5.74) is 10.6. The van der Waals surface area contributed by atoms with Crippen molar-refractivity contribution in [3.63, 3.8) is 0 Å². The third-order valence-corrected chi connectivity index (χ3v) is 6.02. The molecule has 8 heteroatoms. The van der Waals surface area contributed by atoms with Crippen LogP contribution >= 0.6 is 0 Å². The Hall–Kier alpha value is -3.68. The Bertz CT molecular complexity index is 1300. The number of nitrogens with two attached hydrogens (primary N) is 1. The number of hydrogen-bond acceptors (Lipinski definition) is 5. The van der Waals surface area contributed by atoms with Crippen molar-refractivity contribution >= 4 is 22.8 Å². The summed E-state index contributed by atoms with van der Waals surface area (Å²) in [7, 11) is 3.89. The summed E-state index contributed by atoms with van der Waals surface area (Å²) >= 11 is 0. The largest absolute Gasteiger partial charge is 0.397 e. The third kappa shape index (κ3) is 3.41. The van der Waals surface area contributed by atoms with Crippen LogP contribution in [0.2, 0.25) is 0 Å². The van der Waals surface area contributed by atoms with Crippen molar-refractivity contribution in [2.75, 3.05) is 36.2 Å². The summed E-state index contributed by atoms with van der Waals surface area (Å²) in [6, 6.07) is 13.0. The molecule has 1 atom stereocenters. The molecule has 164 valence electrons. The summed E-state index contributed by atoms with van der Waals surface area (Å²) < 4.78 is 30.1. The first-order chi connectivity index (χ1) is 15.4. The van der Waals surface area contributed by atoms with Crippen LogP contribution in [0.15, 0.2) is 54.7 Å². The van der Waals surface area contributed by atoms with E-state index >= 15 is 0 Å². The first-order valence-electron chi connectivity index (χ1n) is 10.6. The lowest BCUT2D eigenvalue weighted by atomic mass is 10.0. The second-order valence-corrected chi connectivity index (χ2v) is 8.29. The normalized spacial score (nSPS) is 16.1. The van der Waals surface area contributed by atoms with Gasteiger partial charge in [0.2, 0.25) is 0 Å². The van der Waals surface area contributed by atoms with Crippen molar-refractivity contribution in [3.8, 4) is 11.3 Å². The fraction of sp³-hybridized carbons (Fsp3) is 0.250. The Kier molecular flexibility index (Phi) is 4.92. The molecule has 0 saturated carbocycles. The van der Waals surface area contributed by atoms with Crippen LogP contribution in [0.3, 0.4) is 0 Å². The van der Waals surface area contributed by atoms with Gasteiger partial charge in [-0.3, -0.25) is 0 Å². The standard InChI is InChI=1S/C24H24F2N6/c1-30(2)21-12-15(5-8-19(21)27)22-14-28-23-9-10-24(29-32(22)23)31-11-3-4-20(31)17-13-16(25)6-7-18(17)26/h5-10,12-14,20H,3-4,11,27H2,1-2H3. The molecule has 0 spiro atoms. The average molecular weight is 434 g/mol. The van der Waals surface area contributed by atoms with Gasteiger partial charge < -0.3 is 15.5 Å². The Morgan fingerprint density at radius 3 is 2.72 bits per heavy atom. The van der Waals surface area contributed by atoms with E-state index < -0.39 is 11.6 Å². The van der Waals surface area contributed by atoms with E-state index in [1.165, 1.54) is 12.1 Å². The van der Waals surface area contributed by atoms with Gasteiger partial charge in [-0.25, -0.2) is 18.3 Å². The highest BCUT2D eigenvalue weighted by Gasteiger charge is 2.30. The summed E-state index contributed by atoms with van der Waals surface area (Å²) in [5.74, 6) is -0.134. The first-order valence-corrected chi connectivity index (χ1v) is 10.6. The van der Waals surface area contributed by atoms with Gasteiger partial charge in [0, 0.05) is 31.8 Å². The van der Waals surface area contributed by atoms with Gasteiger partial charge in [-0.2, -0.15) is 0 Å². The molecule has 1 aliphatic rings. The third-order valence-electron chi connectivity index (χ3n) is 6.02. The highest BCUT2D eigenvalue weighted by molar-refractivity contribution is 5.76. The van der Waals surface area contributed by atoms with Crippen LogP contribution in [0, 0.1) is 11.6 Å². The molecule has 6 nitrogen and oxygen atoms in total. The van der Waals surface area contributed by atoms with E-state index in [1.807, 2.05) is 54.2 Å². The number of imidazole rings is 1. The molecule has 0 radical (unpaired) electrons. The summed E-state index contributed by atoms with van der Waals surface area (Å²) in [6.07, 6.45) is 3.40. The van der Waals surface area contributed by atoms with E-state index in [1.54, 1.807) is 10.7 Å². The lowest BCUT2D eigenvalue weighted by Gasteiger charge is -2.26. The number of nitrogen functional groups attached to an aromatic ring is 1. The fourth-order valence-corrected chi connectivity index (χ4v) is 4.44.